The molecule has 1 saturated heterocycles. The van der Waals surface area contributed by atoms with E-state index in [1.165, 1.54) is 0 Å². The number of imide groups is 1. The molecule has 3 N–H and O–H groups in total. The molecule has 0 aliphatic carbocycles. The second-order valence-electron chi connectivity index (χ2n) is 4.31. The Hall–Kier alpha value is -2.55. The first-order chi connectivity index (χ1) is 9.08. The van der Waals surface area contributed by atoms with Gasteiger partial charge in [0.2, 0.25) is 11.8 Å². The Morgan fingerprint density at radius 3 is 2.89 bits per heavy atom. The summed E-state index contributed by atoms with van der Waals surface area (Å²) in [5.74, 6) is -0.697. The number of piperazine rings is 1. The number of rotatable bonds is 2. The molecule has 1 atom stereocenters. The van der Waals surface area contributed by atoms with E-state index in [0.29, 0.717) is 23.4 Å². The standard InChI is InChI=1S/C13H14N4O2/c1-2-9-13(19)16-11(18)7-17(9)10-5-3-4-8(6-14)12(10)15/h3-5,9H,2,7,15H2,1H3,(H,16,18,19). The summed E-state index contributed by atoms with van der Waals surface area (Å²) in [5, 5.41) is 11.3. The smallest absolute Gasteiger partial charge is 0.249 e. The van der Waals surface area contributed by atoms with E-state index >= 15 is 0 Å². The zero-order valence-corrected chi connectivity index (χ0v) is 10.5. The number of amides is 2. The van der Waals surface area contributed by atoms with Crippen molar-refractivity contribution < 1.29 is 9.59 Å². The number of carbonyl (C=O) groups is 2. The molecule has 0 saturated carbocycles. The van der Waals surface area contributed by atoms with Crippen LogP contribution in [0.15, 0.2) is 18.2 Å². The van der Waals surface area contributed by atoms with Gasteiger partial charge in [0.1, 0.15) is 12.1 Å². The number of nitrogens with zero attached hydrogens (tertiary/aromatic N) is 2. The van der Waals surface area contributed by atoms with Crippen LogP contribution in [0.1, 0.15) is 18.9 Å². The van der Waals surface area contributed by atoms with Crippen molar-refractivity contribution in [1.82, 2.24) is 5.32 Å². The van der Waals surface area contributed by atoms with Gasteiger partial charge in [0.25, 0.3) is 0 Å². The van der Waals surface area contributed by atoms with Crippen LogP contribution in [0.5, 0.6) is 0 Å². The van der Waals surface area contributed by atoms with Gasteiger partial charge >= 0.3 is 0 Å². The average molecular weight is 258 g/mol. The Labute approximate surface area is 110 Å². The zero-order valence-electron chi connectivity index (χ0n) is 10.5. The minimum Gasteiger partial charge on any atom is -0.396 e. The molecular formula is C13H14N4O2. The number of nitrogen functional groups attached to an aromatic ring is 1. The van der Waals surface area contributed by atoms with E-state index in [1.54, 1.807) is 23.1 Å². The molecule has 1 aromatic rings. The van der Waals surface area contributed by atoms with E-state index < -0.39 is 6.04 Å². The molecule has 0 bridgehead atoms. The number of para-hydroxylation sites is 1. The van der Waals surface area contributed by atoms with E-state index in [9.17, 15) is 9.59 Å². The maximum atomic E-state index is 11.8. The lowest BCUT2D eigenvalue weighted by Gasteiger charge is -2.35. The molecule has 1 aliphatic rings. The topological polar surface area (TPSA) is 99.2 Å². The average Bonchev–Trinajstić information content (AvgIpc) is 2.38. The van der Waals surface area contributed by atoms with E-state index in [4.69, 9.17) is 11.0 Å². The van der Waals surface area contributed by atoms with Crippen LogP contribution in [-0.2, 0) is 9.59 Å². The largest absolute Gasteiger partial charge is 0.396 e. The number of nitriles is 1. The van der Waals surface area contributed by atoms with Gasteiger partial charge in [-0.25, -0.2) is 0 Å². The van der Waals surface area contributed by atoms with Crippen molar-refractivity contribution in [3.8, 4) is 6.07 Å². The Bertz CT molecular complexity index is 576. The van der Waals surface area contributed by atoms with E-state index in [-0.39, 0.29) is 18.4 Å². The van der Waals surface area contributed by atoms with E-state index in [1.807, 2.05) is 13.0 Å². The fourth-order valence-corrected chi connectivity index (χ4v) is 2.23. The fraction of sp³-hybridized carbons (Fsp3) is 0.308. The molecule has 0 aromatic heterocycles. The normalized spacial score (nSPS) is 18.9. The second kappa shape index (κ2) is 4.98. The second-order valence-corrected chi connectivity index (χ2v) is 4.31. The third-order valence-electron chi connectivity index (χ3n) is 3.16. The number of nitrogens with two attached hydrogens (primary N) is 1. The molecular weight excluding hydrogens is 244 g/mol. The predicted molar refractivity (Wildman–Crippen MR) is 70.1 cm³/mol. The quantitative estimate of drug-likeness (QED) is 0.590. The maximum absolute atomic E-state index is 11.8. The first-order valence-electron chi connectivity index (χ1n) is 5.97. The highest BCUT2D eigenvalue weighted by atomic mass is 16.2. The fourth-order valence-electron chi connectivity index (χ4n) is 2.23. The van der Waals surface area contributed by atoms with Gasteiger partial charge in [-0.05, 0) is 18.6 Å². The number of carbonyl (C=O) groups excluding carboxylic acids is 2. The number of hydrogen-bond acceptors (Lipinski definition) is 5. The SMILES string of the molecule is CCC1C(=O)NC(=O)CN1c1cccc(C#N)c1N. The van der Waals surface area contributed by atoms with Gasteiger partial charge in [-0.3, -0.25) is 14.9 Å². The minimum atomic E-state index is -0.450. The lowest BCUT2D eigenvalue weighted by Crippen LogP contribution is -2.58. The summed E-state index contributed by atoms with van der Waals surface area (Å²) in [7, 11) is 0. The molecule has 1 aromatic carbocycles. The zero-order chi connectivity index (χ0) is 14.0. The van der Waals surface area contributed by atoms with Crippen LogP contribution in [0.4, 0.5) is 11.4 Å². The summed E-state index contributed by atoms with van der Waals surface area (Å²) in [6, 6.07) is 6.55. The molecule has 1 unspecified atom stereocenters. The predicted octanol–water partition coefficient (Wildman–Crippen LogP) is 0.382. The van der Waals surface area contributed by atoms with Gasteiger partial charge in [0.15, 0.2) is 0 Å². The highest BCUT2D eigenvalue weighted by Crippen LogP contribution is 2.29. The molecule has 6 nitrogen and oxygen atoms in total. The molecule has 2 rings (SSSR count). The van der Waals surface area contributed by atoms with Gasteiger partial charge in [-0.15, -0.1) is 0 Å². The Balaban J connectivity index is 2.47. The van der Waals surface area contributed by atoms with Gasteiger partial charge in [0, 0.05) is 0 Å². The summed E-state index contributed by atoms with van der Waals surface area (Å²) in [6.07, 6.45) is 0.551. The summed E-state index contributed by atoms with van der Waals surface area (Å²) in [5.41, 5.74) is 7.11. The van der Waals surface area contributed by atoms with Gasteiger partial charge < -0.3 is 10.6 Å². The molecule has 1 heterocycles. The molecule has 0 spiro atoms. The summed E-state index contributed by atoms with van der Waals surface area (Å²) in [6.45, 7) is 1.92. The van der Waals surface area contributed by atoms with Crippen LogP contribution < -0.4 is 16.0 Å². The first kappa shape index (κ1) is 12.9. The lowest BCUT2D eigenvalue weighted by atomic mass is 10.1. The van der Waals surface area contributed by atoms with Crippen molar-refractivity contribution in [1.29, 1.82) is 5.26 Å². The van der Waals surface area contributed by atoms with Crippen LogP contribution in [0, 0.1) is 11.3 Å². The van der Waals surface area contributed by atoms with Crippen LogP contribution >= 0.6 is 0 Å². The van der Waals surface area contributed by atoms with Gasteiger partial charge in [0.05, 0.1) is 23.5 Å². The number of anilines is 2. The van der Waals surface area contributed by atoms with Crippen molar-refractivity contribution in [2.45, 2.75) is 19.4 Å². The summed E-state index contributed by atoms with van der Waals surface area (Å²) >= 11 is 0. The minimum absolute atomic E-state index is 0.0589. The van der Waals surface area contributed by atoms with Gasteiger partial charge in [-0.1, -0.05) is 13.0 Å². The van der Waals surface area contributed by atoms with Gasteiger partial charge in [-0.2, -0.15) is 5.26 Å². The summed E-state index contributed by atoms with van der Waals surface area (Å²) < 4.78 is 0. The molecule has 19 heavy (non-hydrogen) atoms. The van der Waals surface area contributed by atoms with Crippen LogP contribution in [-0.4, -0.2) is 24.4 Å². The number of hydrogen-bond donors (Lipinski definition) is 2. The van der Waals surface area contributed by atoms with Crippen molar-refractivity contribution in [2.24, 2.45) is 0 Å². The third kappa shape index (κ3) is 2.22. The van der Waals surface area contributed by atoms with Crippen LogP contribution in [0.25, 0.3) is 0 Å². The lowest BCUT2D eigenvalue weighted by molar-refractivity contribution is -0.132. The molecule has 6 heteroatoms. The van der Waals surface area contributed by atoms with Crippen molar-refractivity contribution in [3.63, 3.8) is 0 Å². The molecule has 1 fully saturated rings. The van der Waals surface area contributed by atoms with Crippen molar-refractivity contribution >= 4 is 23.2 Å². The first-order valence-corrected chi connectivity index (χ1v) is 5.97. The maximum Gasteiger partial charge on any atom is 0.249 e. The van der Waals surface area contributed by atoms with E-state index in [0.717, 1.165) is 0 Å². The van der Waals surface area contributed by atoms with Crippen molar-refractivity contribution in [3.05, 3.63) is 23.8 Å². The van der Waals surface area contributed by atoms with Crippen LogP contribution in [0.3, 0.4) is 0 Å². The molecule has 2 amide bonds. The monoisotopic (exact) mass is 258 g/mol. The Morgan fingerprint density at radius 2 is 2.26 bits per heavy atom. The Kier molecular flexibility index (Phi) is 3.38. The summed E-state index contributed by atoms with van der Waals surface area (Å²) in [4.78, 5) is 25.0. The van der Waals surface area contributed by atoms with Crippen molar-refractivity contribution in [2.75, 3.05) is 17.2 Å². The third-order valence-corrected chi connectivity index (χ3v) is 3.16. The van der Waals surface area contributed by atoms with E-state index in [2.05, 4.69) is 5.32 Å². The highest BCUT2D eigenvalue weighted by Gasteiger charge is 2.33. The Morgan fingerprint density at radius 1 is 1.53 bits per heavy atom. The molecule has 0 radical (unpaired) electrons. The molecule has 98 valence electrons. The molecule has 1 aliphatic heterocycles. The number of benzene rings is 1. The number of nitrogens with one attached hydrogen (secondary N) is 1. The highest BCUT2D eigenvalue weighted by molar-refractivity contribution is 6.05. The van der Waals surface area contributed by atoms with Crippen LogP contribution in [0.2, 0.25) is 0 Å².